The molecule has 0 saturated carbocycles. The van der Waals surface area contributed by atoms with E-state index in [0.717, 1.165) is 12.1 Å². The second-order valence-corrected chi connectivity index (χ2v) is 4.52. The number of hydrogen-bond donors (Lipinski definition) is 0. The van der Waals surface area contributed by atoms with E-state index >= 15 is 0 Å². The summed E-state index contributed by atoms with van der Waals surface area (Å²) < 4.78 is 26.4. The summed E-state index contributed by atoms with van der Waals surface area (Å²) in [5.41, 5.74) is 1.01. The van der Waals surface area contributed by atoms with Gasteiger partial charge in [-0.05, 0) is 41.1 Å². The molecule has 0 N–H and O–H groups in total. The van der Waals surface area contributed by atoms with Crippen molar-refractivity contribution >= 4 is 27.5 Å². The van der Waals surface area contributed by atoms with Gasteiger partial charge in [0.25, 0.3) is 0 Å². The van der Waals surface area contributed by atoms with Gasteiger partial charge in [0, 0.05) is 5.56 Å². The van der Waals surface area contributed by atoms with Crippen molar-refractivity contribution < 1.29 is 8.78 Å². The number of rotatable bonds is 1. The van der Waals surface area contributed by atoms with Crippen LogP contribution in [0, 0.1) is 18.6 Å². The van der Waals surface area contributed by atoms with Gasteiger partial charge in [-0.25, -0.2) is 18.7 Å². The number of aromatic nitrogens is 2. The monoisotopic (exact) mass is 318 g/mol. The topological polar surface area (TPSA) is 25.8 Å². The Morgan fingerprint density at radius 2 is 1.88 bits per heavy atom. The molecule has 1 aromatic heterocycles. The molecule has 0 spiro atoms. The first kappa shape index (κ1) is 12.4. The average Bonchev–Trinajstić information content (AvgIpc) is 2.29. The lowest BCUT2D eigenvalue weighted by Gasteiger charge is -2.05. The van der Waals surface area contributed by atoms with Gasteiger partial charge in [-0.1, -0.05) is 11.6 Å². The zero-order valence-corrected chi connectivity index (χ0v) is 11.0. The van der Waals surface area contributed by atoms with Crippen LogP contribution in [0.2, 0.25) is 5.15 Å². The maximum atomic E-state index is 13.1. The van der Waals surface area contributed by atoms with Crippen molar-refractivity contribution in [3.63, 3.8) is 0 Å². The highest BCUT2D eigenvalue weighted by Crippen LogP contribution is 2.26. The molecule has 0 bridgehead atoms. The van der Waals surface area contributed by atoms with Crippen LogP contribution in [-0.4, -0.2) is 9.97 Å². The Morgan fingerprint density at radius 3 is 2.47 bits per heavy atom. The van der Waals surface area contributed by atoms with Crippen LogP contribution in [0.3, 0.4) is 0 Å². The van der Waals surface area contributed by atoms with E-state index in [1.54, 1.807) is 6.92 Å². The summed E-state index contributed by atoms with van der Waals surface area (Å²) >= 11 is 9.10. The Morgan fingerprint density at radius 1 is 1.18 bits per heavy atom. The third kappa shape index (κ3) is 2.45. The van der Waals surface area contributed by atoms with Crippen molar-refractivity contribution in [2.24, 2.45) is 0 Å². The molecular weight excluding hydrogens is 313 g/mol. The maximum Gasteiger partial charge on any atom is 0.161 e. The summed E-state index contributed by atoms with van der Waals surface area (Å²) in [7, 11) is 0. The van der Waals surface area contributed by atoms with Gasteiger partial charge in [-0.15, -0.1) is 0 Å². The smallest absolute Gasteiger partial charge is 0.161 e. The Kier molecular flexibility index (Phi) is 3.40. The van der Waals surface area contributed by atoms with Crippen LogP contribution in [0.25, 0.3) is 11.4 Å². The summed E-state index contributed by atoms with van der Waals surface area (Å²) in [5.74, 6) is -1.59. The van der Waals surface area contributed by atoms with Gasteiger partial charge >= 0.3 is 0 Å². The van der Waals surface area contributed by atoms with Crippen molar-refractivity contribution in [1.82, 2.24) is 9.97 Å². The largest absolute Gasteiger partial charge is 0.232 e. The van der Waals surface area contributed by atoms with Gasteiger partial charge in [0.2, 0.25) is 0 Å². The molecule has 88 valence electrons. The molecular formula is C11H6BrClF2N2. The van der Waals surface area contributed by atoms with Gasteiger partial charge in [-0.3, -0.25) is 0 Å². The Balaban J connectivity index is 2.57. The number of halogens is 4. The van der Waals surface area contributed by atoms with Crippen molar-refractivity contribution in [3.8, 4) is 11.4 Å². The van der Waals surface area contributed by atoms with Gasteiger partial charge in [0.1, 0.15) is 5.15 Å². The summed E-state index contributed by atoms with van der Waals surface area (Å²) in [6.07, 6.45) is 0. The van der Waals surface area contributed by atoms with Crippen LogP contribution in [-0.2, 0) is 0 Å². The number of benzene rings is 1. The van der Waals surface area contributed by atoms with Gasteiger partial charge in [0.15, 0.2) is 17.5 Å². The highest BCUT2D eigenvalue weighted by atomic mass is 79.9. The minimum Gasteiger partial charge on any atom is -0.232 e. The molecule has 0 aliphatic rings. The van der Waals surface area contributed by atoms with E-state index in [9.17, 15) is 8.78 Å². The van der Waals surface area contributed by atoms with Gasteiger partial charge in [-0.2, -0.15) is 0 Å². The fraction of sp³-hybridized carbons (Fsp3) is 0.0909. The van der Waals surface area contributed by atoms with E-state index < -0.39 is 11.6 Å². The first-order chi connectivity index (χ1) is 7.99. The molecule has 0 saturated heterocycles. The zero-order valence-electron chi connectivity index (χ0n) is 8.64. The van der Waals surface area contributed by atoms with E-state index in [-0.39, 0.29) is 11.0 Å². The molecule has 6 heteroatoms. The molecule has 0 atom stereocenters. The van der Waals surface area contributed by atoms with E-state index in [1.807, 2.05) is 0 Å². The first-order valence-corrected chi connectivity index (χ1v) is 5.81. The predicted octanol–water partition coefficient (Wildman–Crippen LogP) is 4.15. The summed E-state index contributed by atoms with van der Waals surface area (Å²) in [6, 6.07) is 3.46. The quantitative estimate of drug-likeness (QED) is 0.738. The molecule has 17 heavy (non-hydrogen) atoms. The van der Waals surface area contributed by atoms with Crippen molar-refractivity contribution in [1.29, 1.82) is 0 Å². The van der Waals surface area contributed by atoms with Crippen molar-refractivity contribution in [2.75, 3.05) is 0 Å². The number of nitrogens with zero attached hydrogens (tertiary/aromatic N) is 2. The SMILES string of the molecule is Cc1nc(-c2ccc(F)c(F)c2)nc(Cl)c1Br. The number of hydrogen-bond acceptors (Lipinski definition) is 2. The Bertz CT molecular complexity index is 567. The summed E-state index contributed by atoms with van der Waals surface area (Å²) in [6.45, 7) is 1.74. The normalized spacial score (nSPS) is 10.6. The molecule has 0 unspecified atom stereocenters. The minimum atomic E-state index is -0.942. The lowest BCUT2D eigenvalue weighted by molar-refractivity contribution is 0.509. The third-order valence-corrected chi connectivity index (χ3v) is 3.61. The molecule has 0 aliphatic heterocycles. The second-order valence-electron chi connectivity index (χ2n) is 3.37. The van der Waals surface area contributed by atoms with Gasteiger partial charge < -0.3 is 0 Å². The fourth-order valence-corrected chi connectivity index (χ4v) is 1.68. The van der Waals surface area contributed by atoms with Crippen LogP contribution >= 0.6 is 27.5 Å². The molecule has 2 aromatic rings. The van der Waals surface area contributed by atoms with Crippen molar-refractivity contribution in [3.05, 3.63) is 45.2 Å². The van der Waals surface area contributed by atoms with Crippen LogP contribution in [0.1, 0.15) is 5.69 Å². The lowest BCUT2D eigenvalue weighted by atomic mass is 10.2. The predicted molar refractivity (Wildman–Crippen MR) is 64.8 cm³/mol. The molecule has 2 nitrogen and oxygen atoms in total. The second kappa shape index (κ2) is 4.66. The molecule has 1 heterocycles. The van der Waals surface area contributed by atoms with Crippen LogP contribution in [0.4, 0.5) is 8.78 Å². The summed E-state index contributed by atoms with van der Waals surface area (Å²) in [4.78, 5) is 8.14. The van der Waals surface area contributed by atoms with Gasteiger partial charge in [0.05, 0.1) is 10.2 Å². The zero-order chi connectivity index (χ0) is 12.6. The molecule has 1 aromatic carbocycles. The van der Waals surface area contributed by atoms with Crippen molar-refractivity contribution in [2.45, 2.75) is 6.92 Å². The fourth-order valence-electron chi connectivity index (χ4n) is 1.29. The highest BCUT2D eigenvalue weighted by Gasteiger charge is 2.11. The van der Waals surface area contributed by atoms with E-state index in [2.05, 4.69) is 25.9 Å². The third-order valence-electron chi connectivity index (χ3n) is 2.15. The highest BCUT2D eigenvalue weighted by molar-refractivity contribution is 9.10. The summed E-state index contributed by atoms with van der Waals surface area (Å²) in [5, 5.41) is 0.234. The van der Waals surface area contributed by atoms with E-state index in [4.69, 9.17) is 11.6 Å². The Hall–Kier alpha value is -1.07. The average molecular weight is 320 g/mol. The van der Waals surface area contributed by atoms with Crippen LogP contribution in [0.15, 0.2) is 22.7 Å². The maximum absolute atomic E-state index is 13.1. The van der Waals surface area contributed by atoms with Crippen LogP contribution in [0.5, 0.6) is 0 Å². The van der Waals surface area contributed by atoms with Crippen LogP contribution < -0.4 is 0 Å². The standard InChI is InChI=1S/C11H6BrClF2N2/c1-5-9(12)10(13)17-11(16-5)6-2-3-7(14)8(15)4-6/h2-4H,1H3. The molecule has 2 rings (SSSR count). The number of aryl methyl sites for hydroxylation is 1. The molecule has 0 radical (unpaired) electrons. The van der Waals surface area contributed by atoms with E-state index in [1.165, 1.54) is 6.07 Å². The Labute approximate surface area is 110 Å². The molecule has 0 aliphatic carbocycles. The minimum absolute atomic E-state index is 0.234. The van der Waals surface area contributed by atoms with E-state index in [0.29, 0.717) is 15.7 Å². The molecule has 0 amide bonds. The lowest BCUT2D eigenvalue weighted by Crippen LogP contribution is -1.95. The molecule has 0 fully saturated rings. The first-order valence-electron chi connectivity index (χ1n) is 4.64.